The van der Waals surface area contributed by atoms with Crippen molar-refractivity contribution in [1.82, 2.24) is 0 Å². The molecule has 2 amide bonds. The minimum atomic E-state index is -0.776. The van der Waals surface area contributed by atoms with Gasteiger partial charge in [0.05, 0.1) is 18.5 Å². The highest BCUT2D eigenvalue weighted by Gasteiger charge is 2.68. The van der Waals surface area contributed by atoms with E-state index in [1.165, 1.54) is 4.90 Å². The van der Waals surface area contributed by atoms with Crippen molar-refractivity contribution in [3.05, 3.63) is 101 Å². The van der Waals surface area contributed by atoms with Gasteiger partial charge in [0, 0.05) is 16.1 Å². The molecule has 0 saturated carbocycles. The van der Waals surface area contributed by atoms with Crippen LogP contribution in [0.2, 0.25) is 5.02 Å². The van der Waals surface area contributed by atoms with Gasteiger partial charge in [-0.25, -0.2) is 4.90 Å². The number of halogens is 1. The van der Waals surface area contributed by atoms with Crippen LogP contribution in [0.25, 0.3) is 6.08 Å². The van der Waals surface area contributed by atoms with Gasteiger partial charge in [-0.15, -0.1) is 0 Å². The number of carbonyl (C=O) groups excluding carboxylic acids is 3. The van der Waals surface area contributed by atoms with Crippen LogP contribution in [-0.2, 0) is 9.59 Å². The molecular weight excluding hydrogens is 500 g/mol. The van der Waals surface area contributed by atoms with Gasteiger partial charge in [0.2, 0.25) is 17.6 Å². The molecule has 0 aromatic heterocycles. The standard InChI is InChI=1S/C31H27ClN2O4/c1-2-3-18-38-23-14-12-22(13-15-23)34-30(36)25-26(31(34)37)28(29(35)20-8-10-21(32)11-9-20)33-17-16-19-6-4-5-7-24(19)27(25)33/h4-17,25-28H,2-3,18H2,1H3/p+1. The molecule has 5 atom stereocenters. The number of rotatable bonds is 7. The summed E-state index contributed by atoms with van der Waals surface area (Å²) in [5, 5.41) is 0.531. The lowest BCUT2D eigenvalue weighted by Gasteiger charge is -2.30. The molecule has 3 aliphatic rings. The van der Waals surface area contributed by atoms with Gasteiger partial charge in [-0.3, -0.25) is 19.3 Å². The third-order valence-corrected chi connectivity index (χ3v) is 8.15. The van der Waals surface area contributed by atoms with Gasteiger partial charge in [0.1, 0.15) is 23.6 Å². The minimum Gasteiger partial charge on any atom is -0.494 e. The van der Waals surface area contributed by atoms with Crippen molar-refractivity contribution in [2.75, 3.05) is 11.5 Å². The summed E-state index contributed by atoms with van der Waals surface area (Å²) in [5.41, 5.74) is 2.96. The summed E-state index contributed by atoms with van der Waals surface area (Å²) in [6.45, 7) is 2.71. The Hall–Kier alpha value is -3.74. The van der Waals surface area contributed by atoms with Gasteiger partial charge in [-0.1, -0.05) is 49.2 Å². The van der Waals surface area contributed by atoms with E-state index < -0.39 is 17.9 Å². The molecule has 6 nitrogen and oxygen atoms in total. The van der Waals surface area contributed by atoms with Crippen molar-refractivity contribution in [3.63, 3.8) is 0 Å². The van der Waals surface area contributed by atoms with E-state index >= 15 is 0 Å². The van der Waals surface area contributed by atoms with Crippen LogP contribution in [0.4, 0.5) is 5.69 Å². The number of quaternary nitrogens is 1. The number of hydrogen-bond donors (Lipinski definition) is 1. The fraction of sp³-hybridized carbons (Fsp3) is 0.258. The highest BCUT2D eigenvalue weighted by molar-refractivity contribution is 6.30. The first-order valence-electron chi connectivity index (χ1n) is 13.0. The molecule has 6 rings (SSSR count). The zero-order chi connectivity index (χ0) is 26.4. The van der Waals surface area contributed by atoms with Gasteiger partial charge < -0.3 is 4.74 Å². The molecule has 0 radical (unpaired) electrons. The maximum Gasteiger partial charge on any atom is 0.244 e. The number of amides is 2. The van der Waals surface area contributed by atoms with E-state index in [1.54, 1.807) is 48.5 Å². The Morgan fingerprint density at radius 2 is 1.66 bits per heavy atom. The van der Waals surface area contributed by atoms with Crippen molar-refractivity contribution in [2.45, 2.75) is 31.8 Å². The Balaban J connectivity index is 1.39. The molecule has 3 aromatic carbocycles. The molecule has 3 aromatic rings. The van der Waals surface area contributed by atoms with Gasteiger partial charge in [0.15, 0.2) is 6.04 Å². The van der Waals surface area contributed by atoms with Gasteiger partial charge >= 0.3 is 0 Å². The first kappa shape index (κ1) is 24.6. The van der Waals surface area contributed by atoms with Crippen LogP contribution in [-0.4, -0.2) is 30.2 Å². The summed E-state index contributed by atoms with van der Waals surface area (Å²) in [7, 11) is 0. The quantitative estimate of drug-likeness (QED) is 0.279. The number of ether oxygens (including phenoxy) is 1. The molecule has 2 fully saturated rings. The van der Waals surface area contributed by atoms with Crippen molar-refractivity contribution in [1.29, 1.82) is 0 Å². The van der Waals surface area contributed by atoms with E-state index in [1.807, 2.05) is 36.5 Å². The molecule has 0 spiro atoms. The average molecular weight is 528 g/mol. The van der Waals surface area contributed by atoms with E-state index in [0.717, 1.165) is 28.9 Å². The van der Waals surface area contributed by atoms with E-state index in [9.17, 15) is 14.4 Å². The number of Topliss-reactive ketones (excluding diaryl/α,β-unsaturated/α-hetero) is 1. The molecule has 1 N–H and O–H groups in total. The number of carbonyl (C=O) groups is 3. The first-order valence-corrected chi connectivity index (χ1v) is 13.4. The van der Waals surface area contributed by atoms with Crippen molar-refractivity contribution < 1.29 is 24.0 Å². The van der Waals surface area contributed by atoms with E-state index in [-0.39, 0.29) is 23.6 Å². The van der Waals surface area contributed by atoms with Crippen molar-refractivity contribution >= 4 is 41.0 Å². The van der Waals surface area contributed by atoms with Crippen LogP contribution in [0.15, 0.2) is 79.0 Å². The summed E-state index contributed by atoms with van der Waals surface area (Å²) >= 11 is 6.07. The van der Waals surface area contributed by atoms with Crippen molar-refractivity contribution in [3.8, 4) is 5.75 Å². The number of anilines is 1. The second-order valence-corrected chi connectivity index (χ2v) is 10.5. The topological polar surface area (TPSA) is 68.1 Å². The summed E-state index contributed by atoms with van der Waals surface area (Å²) < 4.78 is 5.75. The molecular formula is C31H28ClN2O4+. The number of unbranched alkanes of at least 4 members (excludes halogenated alkanes) is 1. The number of imide groups is 1. The summed E-state index contributed by atoms with van der Waals surface area (Å²) in [6, 6.07) is 20.6. The average Bonchev–Trinajstić information content (AvgIpc) is 3.41. The maximum absolute atomic E-state index is 14.0. The maximum atomic E-state index is 14.0. The Bertz CT molecular complexity index is 1430. The Morgan fingerprint density at radius 3 is 2.39 bits per heavy atom. The van der Waals surface area contributed by atoms with E-state index in [2.05, 4.69) is 6.92 Å². The predicted molar refractivity (Wildman–Crippen MR) is 145 cm³/mol. The van der Waals surface area contributed by atoms with Crippen LogP contribution >= 0.6 is 11.6 Å². The molecule has 5 unspecified atom stereocenters. The second-order valence-electron chi connectivity index (χ2n) is 10.0. The summed E-state index contributed by atoms with van der Waals surface area (Å²) in [6.07, 6.45) is 5.91. The molecule has 0 bridgehead atoms. The molecule has 192 valence electrons. The SMILES string of the molecule is CCCCOc1ccc(N2C(=O)C3C(C2=O)C2c4ccccc4C=C[NH+]2C3C(=O)c2ccc(Cl)cc2)cc1. The number of ketones is 1. The third-order valence-electron chi connectivity index (χ3n) is 7.89. The molecule has 0 aliphatic carbocycles. The fourth-order valence-corrected chi connectivity index (χ4v) is 6.25. The zero-order valence-corrected chi connectivity index (χ0v) is 21.7. The van der Waals surface area contributed by atoms with Gasteiger partial charge in [0.25, 0.3) is 0 Å². The number of hydrogen-bond acceptors (Lipinski definition) is 4. The van der Waals surface area contributed by atoms with Gasteiger partial charge in [-0.05, 0) is 66.6 Å². The predicted octanol–water partition coefficient (Wildman–Crippen LogP) is 4.50. The minimum absolute atomic E-state index is 0.166. The molecule has 3 heterocycles. The molecule has 3 aliphatic heterocycles. The number of nitrogens with zero attached hydrogens (tertiary/aromatic N) is 1. The Morgan fingerprint density at radius 1 is 0.947 bits per heavy atom. The molecule has 7 heteroatoms. The van der Waals surface area contributed by atoms with Crippen LogP contribution < -0.4 is 14.5 Å². The molecule has 38 heavy (non-hydrogen) atoms. The van der Waals surface area contributed by atoms with Crippen LogP contribution in [0.5, 0.6) is 5.75 Å². The zero-order valence-electron chi connectivity index (χ0n) is 21.0. The monoisotopic (exact) mass is 527 g/mol. The van der Waals surface area contributed by atoms with Crippen LogP contribution in [0, 0.1) is 11.8 Å². The van der Waals surface area contributed by atoms with Crippen LogP contribution in [0.1, 0.15) is 47.3 Å². The number of nitrogens with one attached hydrogen (secondary N) is 1. The number of fused-ring (bicyclic) bond motifs is 5. The Labute approximate surface area is 226 Å². The lowest BCUT2D eigenvalue weighted by Crippen LogP contribution is -3.12. The third kappa shape index (κ3) is 3.96. The normalized spacial score (nSPS) is 25.2. The highest BCUT2D eigenvalue weighted by Crippen LogP contribution is 2.45. The Kier molecular flexibility index (Phi) is 6.38. The lowest BCUT2D eigenvalue weighted by atomic mass is 9.83. The summed E-state index contributed by atoms with van der Waals surface area (Å²) in [5.74, 6) is -1.49. The largest absolute Gasteiger partial charge is 0.494 e. The van der Waals surface area contributed by atoms with E-state index in [0.29, 0.717) is 28.6 Å². The molecule has 2 saturated heterocycles. The number of benzene rings is 3. The van der Waals surface area contributed by atoms with E-state index in [4.69, 9.17) is 16.3 Å². The van der Waals surface area contributed by atoms with Gasteiger partial charge in [-0.2, -0.15) is 0 Å². The fourth-order valence-electron chi connectivity index (χ4n) is 6.12. The smallest absolute Gasteiger partial charge is 0.244 e. The first-order chi connectivity index (χ1) is 18.5. The second kappa shape index (κ2) is 9.86. The highest BCUT2D eigenvalue weighted by atomic mass is 35.5. The van der Waals surface area contributed by atoms with Crippen molar-refractivity contribution in [2.24, 2.45) is 11.8 Å². The summed E-state index contributed by atoms with van der Waals surface area (Å²) in [4.78, 5) is 44.1. The lowest BCUT2D eigenvalue weighted by molar-refractivity contribution is -0.884. The van der Waals surface area contributed by atoms with Crippen LogP contribution in [0.3, 0.4) is 0 Å².